The SMILES string of the molecule is CC(C)(C(O)Br)C(O)Br.OCCO. The van der Waals surface area contributed by atoms with Gasteiger partial charge in [0.2, 0.25) is 0 Å². The molecule has 0 amide bonds. The van der Waals surface area contributed by atoms with Crippen molar-refractivity contribution in [3.8, 4) is 0 Å². The number of hydrogen-bond acceptors (Lipinski definition) is 4. The first-order chi connectivity index (χ1) is 5.80. The summed E-state index contributed by atoms with van der Waals surface area (Å²) in [4.78, 5) is 0. The summed E-state index contributed by atoms with van der Waals surface area (Å²) in [6, 6.07) is 0. The van der Waals surface area contributed by atoms with Gasteiger partial charge in [-0.1, -0.05) is 45.7 Å². The number of halogens is 2. The summed E-state index contributed by atoms with van der Waals surface area (Å²) in [7, 11) is 0. The lowest BCUT2D eigenvalue weighted by Crippen LogP contribution is -2.33. The van der Waals surface area contributed by atoms with E-state index in [-0.39, 0.29) is 13.2 Å². The second-order valence-corrected chi connectivity index (χ2v) is 4.67. The van der Waals surface area contributed by atoms with Crippen LogP contribution in [-0.4, -0.2) is 43.7 Å². The van der Waals surface area contributed by atoms with Crippen molar-refractivity contribution < 1.29 is 20.4 Å². The smallest absolute Gasteiger partial charge is 0.117 e. The first-order valence-electron chi connectivity index (χ1n) is 3.66. The van der Waals surface area contributed by atoms with Gasteiger partial charge in [-0.15, -0.1) is 0 Å². The Morgan fingerprint density at radius 2 is 1.23 bits per heavy atom. The molecule has 0 bridgehead atoms. The van der Waals surface area contributed by atoms with E-state index in [1.165, 1.54) is 0 Å². The molecule has 0 radical (unpaired) electrons. The topological polar surface area (TPSA) is 80.9 Å². The van der Waals surface area contributed by atoms with Gasteiger partial charge in [0, 0.05) is 5.41 Å². The Morgan fingerprint density at radius 3 is 1.23 bits per heavy atom. The van der Waals surface area contributed by atoms with Gasteiger partial charge in [0.1, 0.15) is 10.0 Å². The van der Waals surface area contributed by atoms with Crippen molar-refractivity contribution >= 4 is 31.9 Å². The van der Waals surface area contributed by atoms with E-state index in [1.807, 2.05) is 0 Å². The molecule has 0 aromatic rings. The molecule has 0 aliphatic carbocycles. The number of aliphatic hydroxyl groups excluding tert-OH is 4. The highest BCUT2D eigenvalue weighted by Crippen LogP contribution is 2.31. The van der Waals surface area contributed by atoms with Crippen LogP contribution >= 0.6 is 31.9 Å². The van der Waals surface area contributed by atoms with Gasteiger partial charge in [-0.3, -0.25) is 0 Å². The molecule has 0 aromatic heterocycles. The van der Waals surface area contributed by atoms with Gasteiger partial charge in [-0.2, -0.15) is 0 Å². The second kappa shape index (κ2) is 8.14. The van der Waals surface area contributed by atoms with Gasteiger partial charge in [0.05, 0.1) is 13.2 Å². The average molecular weight is 324 g/mol. The Bertz CT molecular complexity index is 105. The number of rotatable bonds is 3. The maximum Gasteiger partial charge on any atom is 0.117 e. The zero-order valence-electron chi connectivity index (χ0n) is 7.61. The molecule has 0 aliphatic rings. The van der Waals surface area contributed by atoms with Crippen LogP contribution in [0.4, 0.5) is 0 Å². The van der Waals surface area contributed by atoms with Gasteiger partial charge in [0.25, 0.3) is 0 Å². The normalized spacial score (nSPS) is 15.7. The van der Waals surface area contributed by atoms with E-state index in [4.69, 9.17) is 20.4 Å². The molecule has 0 saturated heterocycles. The second-order valence-electron chi connectivity index (χ2n) is 2.94. The van der Waals surface area contributed by atoms with Crippen molar-refractivity contribution in [1.29, 1.82) is 0 Å². The van der Waals surface area contributed by atoms with Crippen LogP contribution in [-0.2, 0) is 0 Å². The Morgan fingerprint density at radius 1 is 1.00 bits per heavy atom. The molecule has 0 aromatic carbocycles. The van der Waals surface area contributed by atoms with Crippen LogP contribution in [0.5, 0.6) is 0 Å². The Hall–Kier alpha value is 0.800. The maximum atomic E-state index is 8.98. The molecular formula is C7H16Br2O4. The summed E-state index contributed by atoms with van der Waals surface area (Å²) in [6.07, 6.45) is 0. The molecule has 0 spiro atoms. The third kappa shape index (κ3) is 7.84. The quantitative estimate of drug-likeness (QED) is 0.567. The van der Waals surface area contributed by atoms with Crippen molar-refractivity contribution in [3.05, 3.63) is 0 Å². The van der Waals surface area contributed by atoms with Gasteiger partial charge in [-0.05, 0) is 0 Å². The first-order valence-corrected chi connectivity index (χ1v) is 5.49. The highest BCUT2D eigenvalue weighted by atomic mass is 79.9. The highest BCUT2D eigenvalue weighted by molar-refractivity contribution is 9.10. The van der Waals surface area contributed by atoms with Crippen LogP contribution in [0.15, 0.2) is 0 Å². The fraction of sp³-hybridized carbons (Fsp3) is 1.00. The van der Waals surface area contributed by atoms with Gasteiger partial charge in [-0.25, -0.2) is 0 Å². The lowest BCUT2D eigenvalue weighted by atomic mass is 9.96. The molecule has 4 nitrogen and oxygen atoms in total. The Labute approximate surface area is 94.8 Å². The van der Waals surface area contributed by atoms with Crippen molar-refractivity contribution in [2.75, 3.05) is 13.2 Å². The molecule has 0 rings (SSSR count). The Kier molecular flexibility index (Phi) is 10.2. The summed E-state index contributed by atoms with van der Waals surface area (Å²) < 4.78 is 0. The van der Waals surface area contributed by atoms with Gasteiger partial charge < -0.3 is 20.4 Å². The number of hydrogen-bond donors (Lipinski definition) is 4. The van der Waals surface area contributed by atoms with Crippen molar-refractivity contribution in [2.24, 2.45) is 5.41 Å². The zero-order valence-corrected chi connectivity index (χ0v) is 10.8. The zero-order chi connectivity index (χ0) is 11.1. The summed E-state index contributed by atoms with van der Waals surface area (Å²) in [5.74, 6) is 0. The predicted molar refractivity (Wildman–Crippen MR) is 57.8 cm³/mol. The minimum absolute atomic E-state index is 0.125. The average Bonchev–Trinajstić information content (AvgIpc) is 2.04. The fourth-order valence-electron chi connectivity index (χ4n) is 0.113. The van der Waals surface area contributed by atoms with Crippen LogP contribution in [0, 0.1) is 5.41 Å². The van der Waals surface area contributed by atoms with Crippen molar-refractivity contribution in [3.63, 3.8) is 0 Å². The van der Waals surface area contributed by atoms with E-state index in [0.29, 0.717) is 0 Å². The third-order valence-electron chi connectivity index (χ3n) is 1.33. The predicted octanol–water partition coefficient (Wildman–Crippen LogP) is 0.410. The van der Waals surface area contributed by atoms with E-state index in [0.717, 1.165) is 0 Å². The van der Waals surface area contributed by atoms with Gasteiger partial charge >= 0.3 is 0 Å². The molecule has 0 fully saturated rings. The third-order valence-corrected chi connectivity index (χ3v) is 3.69. The largest absolute Gasteiger partial charge is 0.394 e. The first kappa shape index (κ1) is 16.2. The van der Waals surface area contributed by atoms with E-state index in [9.17, 15) is 0 Å². The summed E-state index contributed by atoms with van der Waals surface area (Å²) >= 11 is 5.92. The van der Waals surface area contributed by atoms with Crippen LogP contribution in [0.1, 0.15) is 13.8 Å². The van der Waals surface area contributed by atoms with Crippen LogP contribution in [0.3, 0.4) is 0 Å². The monoisotopic (exact) mass is 322 g/mol. The number of aliphatic hydroxyl groups is 4. The standard InChI is InChI=1S/C5H10Br2O2.C2H6O2/c1-5(2,3(6)8)4(7)9;3-1-2-4/h3-4,8-9H,1-2H3;3-4H,1-2H2. The summed E-state index contributed by atoms with van der Waals surface area (Å²) in [6.45, 7) is 3.23. The van der Waals surface area contributed by atoms with E-state index in [2.05, 4.69) is 31.9 Å². The Balaban J connectivity index is 0. The van der Waals surface area contributed by atoms with Crippen LogP contribution < -0.4 is 0 Å². The molecule has 0 aliphatic heterocycles. The molecule has 2 unspecified atom stereocenters. The van der Waals surface area contributed by atoms with E-state index >= 15 is 0 Å². The van der Waals surface area contributed by atoms with E-state index < -0.39 is 15.4 Å². The molecular weight excluding hydrogens is 308 g/mol. The molecule has 13 heavy (non-hydrogen) atoms. The molecule has 4 N–H and O–H groups in total. The lowest BCUT2D eigenvalue weighted by Gasteiger charge is -2.28. The molecule has 6 heteroatoms. The van der Waals surface area contributed by atoms with Crippen LogP contribution in [0.2, 0.25) is 0 Å². The summed E-state index contributed by atoms with van der Waals surface area (Å²) in [5.41, 5.74) is -0.556. The van der Waals surface area contributed by atoms with Crippen molar-refractivity contribution in [1.82, 2.24) is 0 Å². The van der Waals surface area contributed by atoms with E-state index in [1.54, 1.807) is 13.8 Å². The van der Waals surface area contributed by atoms with Crippen molar-refractivity contribution in [2.45, 2.75) is 23.9 Å². The number of alkyl halides is 2. The highest BCUT2D eigenvalue weighted by Gasteiger charge is 2.31. The van der Waals surface area contributed by atoms with Gasteiger partial charge in [0.15, 0.2) is 0 Å². The molecule has 0 heterocycles. The lowest BCUT2D eigenvalue weighted by molar-refractivity contribution is 0.0510. The minimum atomic E-state index is -0.695. The maximum absolute atomic E-state index is 8.98. The summed E-state index contributed by atoms with van der Waals surface area (Å²) in [5, 5.41) is 31.8. The molecule has 2 atom stereocenters. The molecule has 82 valence electrons. The molecule has 0 saturated carbocycles. The minimum Gasteiger partial charge on any atom is -0.394 e. The van der Waals surface area contributed by atoms with Crippen LogP contribution in [0.25, 0.3) is 0 Å². The fourth-order valence-corrected chi connectivity index (χ4v) is 0.969.